The standard InChI is InChI=1S/C12H10ClFN2O2S/c1-16(10-6-3-2-5-9(10)14)19(17,18)11-7-4-8-15-12(11)13/h2-8H,1H3. The summed E-state index contributed by atoms with van der Waals surface area (Å²) in [7, 11) is -2.69. The summed E-state index contributed by atoms with van der Waals surface area (Å²) < 4.78 is 39.2. The van der Waals surface area contributed by atoms with Crippen LogP contribution < -0.4 is 4.31 Å². The third kappa shape index (κ3) is 2.54. The molecule has 19 heavy (non-hydrogen) atoms. The van der Waals surface area contributed by atoms with Crippen LogP contribution in [0.15, 0.2) is 47.5 Å². The summed E-state index contributed by atoms with van der Waals surface area (Å²) in [6, 6.07) is 8.37. The van der Waals surface area contributed by atoms with E-state index in [-0.39, 0.29) is 15.7 Å². The van der Waals surface area contributed by atoms with E-state index in [0.29, 0.717) is 0 Å². The Morgan fingerprint density at radius 1 is 1.21 bits per heavy atom. The Morgan fingerprint density at radius 3 is 2.53 bits per heavy atom. The summed E-state index contributed by atoms with van der Waals surface area (Å²) >= 11 is 5.77. The molecule has 0 N–H and O–H groups in total. The number of aromatic nitrogens is 1. The third-order valence-electron chi connectivity index (χ3n) is 2.56. The van der Waals surface area contributed by atoms with Crippen LogP contribution in [0.25, 0.3) is 0 Å². The van der Waals surface area contributed by atoms with E-state index in [1.165, 1.54) is 43.6 Å². The Labute approximate surface area is 115 Å². The maximum atomic E-state index is 13.6. The predicted molar refractivity (Wildman–Crippen MR) is 71.2 cm³/mol. The predicted octanol–water partition coefficient (Wildman–Crippen LogP) is 2.70. The van der Waals surface area contributed by atoms with E-state index in [4.69, 9.17) is 11.6 Å². The summed E-state index contributed by atoms with van der Waals surface area (Å²) in [5.41, 5.74) is -0.0533. The van der Waals surface area contributed by atoms with Gasteiger partial charge in [0.25, 0.3) is 10.0 Å². The number of hydrogen-bond acceptors (Lipinski definition) is 3. The molecule has 1 aromatic heterocycles. The minimum atomic E-state index is -3.95. The second-order valence-electron chi connectivity index (χ2n) is 3.72. The fourth-order valence-electron chi connectivity index (χ4n) is 1.55. The van der Waals surface area contributed by atoms with Crippen LogP contribution in [-0.4, -0.2) is 20.4 Å². The van der Waals surface area contributed by atoms with Gasteiger partial charge in [0.2, 0.25) is 0 Å². The van der Waals surface area contributed by atoms with Crippen LogP contribution in [0.3, 0.4) is 0 Å². The Balaban J connectivity index is 2.52. The molecule has 1 heterocycles. The van der Waals surface area contributed by atoms with Crippen LogP contribution in [0.4, 0.5) is 10.1 Å². The molecule has 4 nitrogen and oxygen atoms in total. The molecule has 100 valence electrons. The lowest BCUT2D eigenvalue weighted by atomic mass is 10.3. The number of pyridine rings is 1. The van der Waals surface area contributed by atoms with Gasteiger partial charge in [-0.05, 0) is 24.3 Å². The van der Waals surface area contributed by atoms with Gasteiger partial charge in [-0.3, -0.25) is 4.31 Å². The summed E-state index contributed by atoms with van der Waals surface area (Å²) in [5.74, 6) is -0.631. The number of rotatable bonds is 3. The fourth-order valence-corrected chi connectivity index (χ4v) is 3.18. The molecule has 0 aliphatic heterocycles. The first kappa shape index (κ1) is 13.8. The molecule has 1 aromatic carbocycles. The van der Waals surface area contributed by atoms with Crippen LogP contribution in [0.5, 0.6) is 0 Å². The number of para-hydroxylation sites is 1. The molecule has 0 atom stereocenters. The highest BCUT2D eigenvalue weighted by Crippen LogP contribution is 2.27. The highest BCUT2D eigenvalue weighted by Gasteiger charge is 2.25. The lowest BCUT2D eigenvalue weighted by Gasteiger charge is -2.20. The van der Waals surface area contributed by atoms with Gasteiger partial charge in [0.05, 0.1) is 5.69 Å². The van der Waals surface area contributed by atoms with Gasteiger partial charge in [0, 0.05) is 13.2 Å². The van der Waals surface area contributed by atoms with E-state index in [1.54, 1.807) is 6.07 Å². The van der Waals surface area contributed by atoms with Crippen molar-refractivity contribution in [3.05, 3.63) is 53.6 Å². The van der Waals surface area contributed by atoms with Crippen LogP contribution in [-0.2, 0) is 10.0 Å². The van der Waals surface area contributed by atoms with Gasteiger partial charge < -0.3 is 0 Å². The molecule has 2 aromatic rings. The molecule has 0 saturated heterocycles. The minimum Gasteiger partial charge on any atom is -0.266 e. The van der Waals surface area contributed by atoms with Crippen molar-refractivity contribution in [1.82, 2.24) is 4.98 Å². The average Bonchev–Trinajstić information content (AvgIpc) is 2.39. The number of anilines is 1. The smallest absolute Gasteiger partial charge is 0.266 e. The molecule has 2 rings (SSSR count). The Morgan fingerprint density at radius 2 is 1.89 bits per heavy atom. The van der Waals surface area contributed by atoms with Gasteiger partial charge in [-0.1, -0.05) is 23.7 Å². The first-order chi connectivity index (χ1) is 8.94. The molecule has 0 saturated carbocycles. The van der Waals surface area contributed by atoms with E-state index in [2.05, 4.69) is 4.98 Å². The number of hydrogen-bond donors (Lipinski definition) is 0. The summed E-state index contributed by atoms with van der Waals surface area (Å²) in [4.78, 5) is 3.55. The Bertz CT molecular complexity index is 706. The molecule has 0 spiro atoms. The highest BCUT2D eigenvalue weighted by molar-refractivity contribution is 7.93. The highest BCUT2D eigenvalue weighted by atomic mass is 35.5. The van der Waals surface area contributed by atoms with Gasteiger partial charge in [-0.15, -0.1) is 0 Å². The topological polar surface area (TPSA) is 50.3 Å². The molecular formula is C12H10ClFN2O2S. The van der Waals surface area contributed by atoms with Crippen molar-refractivity contribution in [2.45, 2.75) is 4.90 Å². The number of benzene rings is 1. The summed E-state index contributed by atoms with van der Waals surface area (Å²) in [6.07, 6.45) is 1.38. The maximum absolute atomic E-state index is 13.6. The molecule has 0 aliphatic carbocycles. The molecular weight excluding hydrogens is 291 g/mol. The van der Waals surface area contributed by atoms with Gasteiger partial charge in [-0.2, -0.15) is 0 Å². The third-order valence-corrected chi connectivity index (χ3v) is 4.77. The second-order valence-corrected chi connectivity index (χ2v) is 6.01. The quantitative estimate of drug-likeness (QED) is 0.819. The van der Waals surface area contributed by atoms with E-state index >= 15 is 0 Å². The first-order valence-electron chi connectivity index (χ1n) is 5.28. The minimum absolute atomic E-state index is 0.0533. The maximum Gasteiger partial charge on any atom is 0.267 e. The molecule has 0 fully saturated rings. The van der Waals surface area contributed by atoms with Crippen molar-refractivity contribution in [3.8, 4) is 0 Å². The zero-order valence-electron chi connectivity index (χ0n) is 9.92. The van der Waals surface area contributed by atoms with Crippen LogP contribution in [0.1, 0.15) is 0 Å². The molecule has 7 heteroatoms. The van der Waals surface area contributed by atoms with Crippen LogP contribution in [0.2, 0.25) is 5.15 Å². The Kier molecular flexibility index (Phi) is 3.73. The van der Waals surface area contributed by atoms with E-state index < -0.39 is 15.8 Å². The Hall–Kier alpha value is -1.66. The fraction of sp³-hybridized carbons (Fsp3) is 0.0833. The molecule has 0 bridgehead atoms. The van der Waals surface area contributed by atoms with Crippen molar-refractivity contribution in [2.24, 2.45) is 0 Å². The number of halogens is 2. The van der Waals surface area contributed by atoms with Gasteiger partial charge in [0.15, 0.2) is 0 Å². The molecule has 0 radical (unpaired) electrons. The largest absolute Gasteiger partial charge is 0.267 e. The van der Waals surface area contributed by atoms with Gasteiger partial charge >= 0.3 is 0 Å². The monoisotopic (exact) mass is 300 g/mol. The number of sulfonamides is 1. The van der Waals surface area contributed by atoms with E-state index in [9.17, 15) is 12.8 Å². The summed E-state index contributed by atoms with van der Waals surface area (Å²) in [6.45, 7) is 0. The van der Waals surface area contributed by atoms with Crippen molar-refractivity contribution in [1.29, 1.82) is 0 Å². The normalized spacial score (nSPS) is 11.3. The lowest BCUT2D eigenvalue weighted by Crippen LogP contribution is -2.27. The van der Waals surface area contributed by atoms with Crippen molar-refractivity contribution in [2.75, 3.05) is 11.4 Å². The SMILES string of the molecule is CN(c1ccccc1F)S(=O)(=O)c1cccnc1Cl. The zero-order chi connectivity index (χ0) is 14.0. The van der Waals surface area contributed by atoms with E-state index in [1.807, 2.05) is 0 Å². The van der Waals surface area contributed by atoms with Crippen molar-refractivity contribution in [3.63, 3.8) is 0 Å². The molecule has 0 amide bonds. The van der Waals surface area contributed by atoms with E-state index in [0.717, 1.165) is 4.31 Å². The van der Waals surface area contributed by atoms with Gasteiger partial charge in [-0.25, -0.2) is 17.8 Å². The van der Waals surface area contributed by atoms with Crippen molar-refractivity contribution >= 4 is 27.3 Å². The lowest BCUT2D eigenvalue weighted by molar-refractivity contribution is 0.589. The molecule has 0 unspecified atom stereocenters. The van der Waals surface area contributed by atoms with Crippen LogP contribution in [0, 0.1) is 5.82 Å². The van der Waals surface area contributed by atoms with Gasteiger partial charge in [0.1, 0.15) is 15.9 Å². The average molecular weight is 301 g/mol. The van der Waals surface area contributed by atoms with Crippen LogP contribution >= 0.6 is 11.6 Å². The first-order valence-corrected chi connectivity index (χ1v) is 7.10. The number of nitrogens with zero attached hydrogens (tertiary/aromatic N) is 2. The molecule has 0 aliphatic rings. The zero-order valence-corrected chi connectivity index (χ0v) is 11.5. The summed E-state index contributed by atoms with van der Waals surface area (Å²) in [5, 5.41) is -0.148. The second kappa shape index (κ2) is 5.14. The van der Waals surface area contributed by atoms with Crippen molar-refractivity contribution < 1.29 is 12.8 Å².